The lowest BCUT2D eigenvalue weighted by atomic mass is 9.61. The molecule has 3 fully saturated rings. The minimum Gasteiger partial charge on any atom is -0.481 e. The van der Waals surface area contributed by atoms with E-state index in [1.807, 2.05) is 0 Å². The van der Waals surface area contributed by atoms with E-state index in [9.17, 15) is 9.90 Å². The maximum atomic E-state index is 15.7. The first-order chi connectivity index (χ1) is 16.5. The molecule has 2 unspecified atom stereocenters. The second kappa shape index (κ2) is 8.01. The first-order valence-electron chi connectivity index (χ1n) is 11.0. The smallest absolute Gasteiger partial charge is 0.308 e. The molecule has 2 bridgehead atoms. The molecule has 7 rings (SSSR count). The van der Waals surface area contributed by atoms with Crippen LogP contribution in [0.4, 0.5) is 10.2 Å². The number of nitrogens with one attached hydrogen (secondary N) is 2. The van der Waals surface area contributed by atoms with Gasteiger partial charge in [0.15, 0.2) is 23.1 Å². The summed E-state index contributed by atoms with van der Waals surface area (Å²) in [6.07, 6.45) is 9.59. The Labute approximate surface area is 197 Å². The van der Waals surface area contributed by atoms with Crippen molar-refractivity contribution in [2.45, 2.75) is 31.7 Å². The molecular weight excluding hydrogens is 463 g/mol. The topological polar surface area (TPSA) is 134 Å². The molecular formula is C22H20ClFN8O2. The van der Waals surface area contributed by atoms with Crippen molar-refractivity contribution in [3.63, 3.8) is 0 Å². The lowest BCUT2D eigenvalue weighted by Crippen LogP contribution is -2.51. The van der Waals surface area contributed by atoms with Gasteiger partial charge in [-0.1, -0.05) is 11.6 Å². The van der Waals surface area contributed by atoms with Crippen molar-refractivity contribution in [3.8, 4) is 17.3 Å². The Balaban J connectivity index is 1.49. The number of anilines is 1. The monoisotopic (exact) mass is 482 g/mol. The van der Waals surface area contributed by atoms with E-state index in [0.29, 0.717) is 21.7 Å². The van der Waals surface area contributed by atoms with E-state index in [4.69, 9.17) is 11.6 Å². The molecule has 0 aliphatic heterocycles. The van der Waals surface area contributed by atoms with Gasteiger partial charge < -0.3 is 10.4 Å². The van der Waals surface area contributed by atoms with Gasteiger partial charge in [-0.15, -0.1) is 0 Å². The first kappa shape index (κ1) is 21.0. The molecule has 4 heterocycles. The van der Waals surface area contributed by atoms with Gasteiger partial charge in [-0.05, 0) is 43.6 Å². The molecule has 174 valence electrons. The third-order valence-electron chi connectivity index (χ3n) is 6.99. The quantitative estimate of drug-likeness (QED) is 0.392. The lowest BCUT2D eigenvalue weighted by molar-refractivity contribution is -0.148. The van der Waals surface area contributed by atoms with Crippen molar-refractivity contribution < 1.29 is 14.3 Å². The molecule has 3 aliphatic rings. The van der Waals surface area contributed by atoms with E-state index in [-0.39, 0.29) is 29.3 Å². The van der Waals surface area contributed by atoms with Gasteiger partial charge in [-0.25, -0.2) is 19.9 Å². The Morgan fingerprint density at radius 1 is 1.24 bits per heavy atom. The zero-order chi connectivity index (χ0) is 23.4. The summed E-state index contributed by atoms with van der Waals surface area (Å²) >= 11 is 6.13. The fraction of sp³-hybridized carbons (Fsp3) is 0.364. The predicted molar refractivity (Wildman–Crippen MR) is 121 cm³/mol. The number of hydrogen-bond donors (Lipinski definition) is 3. The van der Waals surface area contributed by atoms with Gasteiger partial charge in [-0.3, -0.25) is 14.5 Å². The van der Waals surface area contributed by atoms with Crippen LogP contribution in [0.3, 0.4) is 0 Å². The van der Waals surface area contributed by atoms with Crippen LogP contribution in [0.15, 0.2) is 31.0 Å². The maximum Gasteiger partial charge on any atom is 0.308 e. The zero-order valence-electron chi connectivity index (χ0n) is 17.8. The number of fused-ring (bicyclic) bond motifs is 4. The first-order valence-corrected chi connectivity index (χ1v) is 11.4. The largest absolute Gasteiger partial charge is 0.481 e. The number of aromatic amines is 1. The van der Waals surface area contributed by atoms with Gasteiger partial charge in [-0.2, -0.15) is 9.49 Å². The van der Waals surface area contributed by atoms with Gasteiger partial charge in [0.1, 0.15) is 12.0 Å². The predicted octanol–water partition coefficient (Wildman–Crippen LogP) is 3.69. The highest BCUT2D eigenvalue weighted by Crippen LogP contribution is 2.46. The van der Waals surface area contributed by atoms with E-state index in [2.05, 4.69) is 35.5 Å². The summed E-state index contributed by atoms with van der Waals surface area (Å²) in [6, 6.07) is 1.25. The molecule has 34 heavy (non-hydrogen) atoms. The average Bonchev–Trinajstić information content (AvgIpc) is 3.51. The number of rotatable bonds is 5. The number of aromatic nitrogens is 7. The second-order valence-corrected chi connectivity index (χ2v) is 9.27. The number of carboxylic acids is 1. The standard InChI is InChI=1S/C22H20ClFN8O2/c23-12-7-13-17(30-31-18(13)26-8-12)20-28-19(15(24)21(29-20)32-6-5-25-9-32)27-16-11-3-1-10(2-4-11)14(16)22(33)34/h5-11,14,16H,1-4H2,(H,33,34)(H,26,30,31)(H,27,28,29). The van der Waals surface area contributed by atoms with E-state index in [1.165, 1.54) is 23.3 Å². The minimum atomic E-state index is -0.865. The number of hydrogen-bond acceptors (Lipinski definition) is 7. The molecule has 0 amide bonds. The van der Waals surface area contributed by atoms with E-state index >= 15 is 4.39 Å². The Kier molecular flexibility index (Phi) is 4.94. The highest BCUT2D eigenvalue weighted by atomic mass is 35.5. The summed E-state index contributed by atoms with van der Waals surface area (Å²) < 4.78 is 17.2. The van der Waals surface area contributed by atoms with Crippen LogP contribution < -0.4 is 5.32 Å². The molecule has 3 N–H and O–H groups in total. The highest BCUT2D eigenvalue weighted by molar-refractivity contribution is 6.31. The van der Waals surface area contributed by atoms with Gasteiger partial charge in [0.25, 0.3) is 0 Å². The summed E-state index contributed by atoms with van der Waals surface area (Å²) in [6.45, 7) is 0. The van der Waals surface area contributed by atoms with Gasteiger partial charge in [0.2, 0.25) is 5.82 Å². The number of halogens is 2. The number of carboxylic acid groups (broad SMARTS) is 1. The van der Waals surface area contributed by atoms with Crippen LogP contribution in [0, 0.1) is 23.6 Å². The third kappa shape index (κ3) is 3.38. The summed E-state index contributed by atoms with van der Waals surface area (Å²) in [5.74, 6) is -1.89. The third-order valence-corrected chi connectivity index (χ3v) is 7.19. The van der Waals surface area contributed by atoms with E-state index in [0.717, 1.165) is 25.7 Å². The molecule has 0 aromatic carbocycles. The summed E-state index contributed by atoms with van der Waals surface area (Å²) in [7, 11) is 0. The number of imidazole rings is 1. The fourth-order valence-corrected chi connectivity index (χ4v) is 5.57. The molecule has 3 saturated carbocycles. The average molecular weight is 483 g/mol. The molecule has 4 aromatic heterocycles. The van der Waals surface area contributed by atoms with E-state index < -0.39 is 23.7 Å². The Hall–Kier alpha value is -3.60. The van der Waals surface area contributed by atoms with Crippen molar-refractivity contribution >= 4 is 34.4 Å². The van der Waals surface area contributed by atoms with Crippen molar-refractivity contribution in [1.29, 1.82) is 0 Å². The maximum absolute atomic E-state index is 15.7. The van der Waals surface area contributed by atoms with Gasteiger partial charge >= 0.3 is 5.97 Å². The number of carbonyl (C=O) groups is 1. The van der Waals surface area contributed by atoms with Crippen LogP contribution in [0.5, 0.6) is 0 Å². The minimum absolute atomic E-state index is 0.0241. The second-order valence-electron chi connectivity index (χ2n) is 8.83. The Morgan fingerprint density at radius 2 is 2.03 bits per heavy atom. The number of aliphatic carboxylic acids is 1. The number of pyridine rings is 1. The van der Waals surface area contributed by atoms with Crippen molar-refractivity contribution in [3.05, 3.63) is 41.8 Å². The fourth-order valence-electron chi connectivity index (χ4n) is 5.41. The van der Waals surface area contributed by atoms with Gasteiger partial charge in [0.05, 0.1) is 16.3 Å². The Morgan fingerprint density at radius 3 is 2.76 bits per heavy atom. The van der Waals surface area contributed by atoms with Crippen LogP contribution in [0.25, 0.3) is 28.4 Å². The molecule has 12 heteroatoms. The van der Waals surface area contributed by atoms with Crippen LogP contribution in [-0.2, 0) is 4.79 Å². The Bertz CT molecular complexity index is 1380. The van der Waals surface area contributed by atoms with Crippen molar-refractivity contribution in [1.82, 2.24) is 34.7 Å². The van der Waals surface area contributed by atoms with Crippen molar-refractivity contribution in [2.24, 2.45) is 17.8 Å². The van der Waals surface area contributed by atoms with Gasteiger partial charge in [0, 0.05) is 24.6 Å². The molecule has 10 nitrogen and oxygen atoms in total. The molecule has 0 radical (unpaired) electrons. The lowest BCUT2D eigenvalue weighted by Gasteiger charge is -2.47. The molecule has 0 spiro atoms. The zero-order valence-corrected chi connectivity index (χ0v) is 18.6. The van der Waals surface area contributed by atoms with Crippen LogP contribution in [-0.4, -0.2) is 51.8 Å². The summed E-state index contributed by atoms with van der Waals surface area (Å²) in [4.78, 5) is 29.2. The summed E-state index contributed by atoms with van der Waals surface area (Å²) in [5.41, 5.74) is 0.843. The molecule has 2 atom stereocenters. The van der Waals surface area contributed by atoms with Crippen molar-refractivity contribution in [2.75, 3.05) is 5.32 Å². The normalized spacial score (nSPS) is 23.9. The van der Waals surface area contributed by atoms with E-state index in [1.54, 1.807) is 12.3 Å². The highest BCUT2D eigenvalue weighted by Gasteiger charge is 2.47. The molecule has 4 aromatic rings. The molecule has 0 saturated heterocycles. The number of H-pyrrole nitrogens is 1. The van der Waals surface area contributed by atoms with Crippen LogP contribution in [0.2, 0.25) is 5.02 Å². The van der Waals surface area contributed by atoms with Crippen LogP contribution >= 0.6 is 11.6 Å². The summed E-state index contributed by atoms with van der Waals surface area (Å²) in [5, 5.41) is 21.2. The van der Waals surface area contributed by atoms with Crippen LogP contribution in [0.1, 0.15) is 25.7 Å². The SMILES string of the molecule is O=C(O)C1C2CCC(CC2)C1Nc1nc(-c2n[nH]c3ncc(Cl)cc23)nc(-n2ccnc2)c1F. The number of nitrogens with zero attached hydrogens (tertiary/aromatic N) is 6. The molecule has 3 aliphatic carbocycles.